The average molecular weight is 479 g/mol. The van der Waals surface area contributed by atoms with Gasteiger partial charge in [-0.2, -0.15) is 0 Å². The van der Waals surface area contributed by atoms with E-state index in [0.717, 1.165) is 13.0 Å². The van der Waals surface area contributed by atoms with Crippen molar-refractivity contribution in [2.75, 3.05) is 19.7 Å². The lowest BCUT2D eigenvalue weighted by Gasteiger charge is -2.09. The third-order valence-corrected chi connectivity index (χ3v) is 5.23. The number of carbonyl (C=O) groups excluding carboxylic acids is 4. The number of amides is 2. The second-order valence-electron chi connectivity index (χ2n) is 7.50. The van der Waals surface area contributed by atoms with E-state index in [1.165, 1.54) is 23.5 Å². The fourth-order valence-electron chi connectivity index (χ4n) is 3.40. The summed E-state index contributed by atoms with van der Waals surface area (Å²) >= 11 is 0. The van der Waals surface area contributed by atoms with Crippen molar-refractivity contribution < 1.29 is 23.9 Å². The van der Waals surface area contributed by atoms with Crippen LogP contribution in [0.2, 0.25) is 0 Å². The molecule has 4 heterocycles. The molecule has 0 saturated carbocycles. The molecular formula is C26H30N4O5. The molecule has 2 aliphatic heterocycles. The van der Waals surface area contributed by atoms with E-state index in [1.54, 1.807) is 54.7 Å². The highest BCUT2D eigenvalue weighted by molar-refractivity contribution is 6.10. The van der Waals surface area contributed by atoms with Crippen LogP contribution in [-0.2, 0) is 14.3 Å². The van der Waals surface area contributed by atoms with E-state index < -0.39 is 5.92 Å². The van der Waals surface area contributed by atoms with Gasteiger partial charge < -0.3 is 14.5 Å². The number of aromatic nitrogens is 2. The number of hydrogen-bond donors (Lipinski definition) is 0. The topological polar surface area (TPSA) is 110 Å². The number of pyridine rings is 2. The molecule has 0 aromatic carbocycles. The summed E-state index contributed by atoms with van der Waals surface area (Å²) in [6.45, 7) is 10.6. The number of Topliss-reactive ketones (excluding diaryl/α,β-unsaturated/α-hetero) is 1. The zero-order valence-electron chi connectivity index (χ0n) is 19.8. The van der Waals surface area contributed by atoms with Crippen LogP contribution in [0, 0.1) is 5.92 Å². The molecule has 1 atom stereocenters. The first-order valence-corrected chi connectivity index (χ1v) is 11.3. The highest BCUT2D eigenvalue weighted by Gasteiger charge is 2.36. The van der Waals surface area contributed by atoms with Gasteiger partial charge in [-0.1, -0.05) is 13.2 Å². The first-order valence-electron chi connectivity index (χ1n) is 11.3. The maximum atomic E-state index is 12.0. The van der Waals surface area contributed by atoms with Crippen LogP contribution in [0.4, 0.5) is 0 Å². The van der Waals surface area contributed by atoms with Crippen molar-refractivity contribution in [1.29, 1.82) is 0 Å². The number of nitrogens with zero attached hydrogens (tertiary/aromatic N) is 4. The number of ether oxygens (including phenoxy) is 1. The van der Waals surface area contributed by atoms with Gasteiger partial charge in [-0.3, -0.25) is 24.4 Å². The largest absolute Gasteiger partial charge is 0.462 e. The van der Waals surface area contributed by atoms with Gasteiger partial charge in [-0.25, -0.2) is 4.79 Å². The summed E-state index contributed by atoms with van der Waals surface area (Å²) < 4.78 is 4.75. The van der Waals surface area contributed by atoms with E-state index >= 15 is 0 Å². The monoisotopic (exact) mass is 478 g/mol. The SMILES string of the molecule is C=CN1CCC(C(=O)c2cccnc2)C1=O.C=CN1CCCC1=O.CCOC(=O)c1cccnc1. The van der Waals surface area contributed by atoms with Crippen LogP contribution >= 0.6 is 0 Å². The van der Waals surface area contributed by atoms with Gasteiger partial charge in [0.25, 0.3) is 0 Å². The van der Waals surface area contributed by atoms with Crippen molar-refractivity contribution in [1.82, 2.24) is 19.8 Å². The maximum Gasteiger partial charge on any atom is 0.339 e. The van der Waals surface area contributed by atoms with Crippen LogP contribution in [0.3, 0.4) is 0 Å². The van der Waals surface area contributed by atoms with Crippen molar-refractivity contribution in [2.45, 2.75) is 26.2 Å². The lowest BCUT2D eigenvalue weighted by molar-refractivity contribution is -0.127. The molecule has 2 saturated heterocycles. The molecule has 2 fully saturated rings. The van der Waals surface area contributed by atoms with Crippen LogP contribution < -0.4 is 0 Å². The minimum absolute atomic E-state index is 0.151. The zero-order chi connectivity index (χ0) is 25.6. The summed E-state index contributed by atoms with van der Waals surface area (Å²) in [6, 6.07) is 6.74. The van der Waals surface area contributed by atoms with E-state index in [-0.39, 0.29) is 23.6 Å². The molecule has 0 spiro atoms. The van der Waals surface area contributed by atoms with Gasteiger partial charge in [0.15, 0.2) is 5.78 Å². The maximum absolute atomic E-state index is 12.0. The second kappa shape index (κ2) is 14.2. The van der Waals surface area contributed by atoms with Crippen molar-refractivity contribution >= 4 is 23.6 Å². The second-order valence-corrected chi connectivity index (χ2v) is 7.50. The summed E-state index contributed by atoms with van der Waals surface area (Å²) in [4.78, 5) is 56.2. The van der Waals surface area contributed by atoms with Gasteiger partial charge in [0.1, 0.15) is 5.92 Å². The molecule has 1 unspecified atom stereocenters. The average Bonchev–Trinajstić information content (AvgIpc) is 3.49. The fraction of sp³-hybridized carbons (Fsp3) is 0.308. The lowest BCUT2D eigenvalue weighted by Crippen LogP contribution is -2.26. The molecule has 0 bridgehead atoms. The number of ketones is 1. The van der Waals surface area contributed by atoms with Crippen molar-refractivity contribution in [3.05, 3.63) is 85.7 Å². The first kappa shape index (κ1) is 27.1. The van der Waals surface area contributed by atoms with Gasteiger partial charge in [0.05, 0.1) is 12.2 Å². The molecule has 9 heteroatoms. The lowest BCUT2D eigenvalue weighted by atomic mass is 9.97. The normalized spacial score (nSPS) is 16.4. The van der Waals surface area contributed by atoms with Crippen molar-refractivity contribution in [3.63, 3.8) is 0 Å². The van der Waals surface area contributed by atoms with E-state index in [9.17, 15) is 19.2 Å². The molecule has 2 amide bonds. The Labute approximate surface area is 205 Å². The van der Waals surface area contributed by atoms with Crippen molar-refractivity contribution in [2.24, 2.45) is 5.92 Å². The number of hydrogen-bond acceptors (Lipinski definition) is 7. The Morgan fingerprint density at radius 3 is 2.09 bits per heavy atom. The molecule has 2 aromatic heterocycles. The molecule has 0 N–H and O–H groups in total. The van der Waals surface area contributed by atoms with E-state index in [0.29, 0.717) is 37.1 Å². The van der Waals surface area contributed by atoms with Crippen LogP contribution in [-0.4, -0.2) is 63.0 Å². The van der Waals surface area contributed by atoms with Gasteiger partial charge in [0.2, 0.25) is 11.8 Å². The minimum atomic E-state index is -0.567. The third-order valence-electron chi connectivity index (χ3n) is 5.23. The molecule has 4 rings (SSSR count). The highest BCUT2D eigenvalue weighted by atomic mass is 16.5. The molecule has 35 heavy (non-hydrogen) atoms. The van der Waals surface area contributed by atoms with Crippen LogP contribution in [0.1, 0.15) is 46.9 Å². The van der Waals surface area contributed by atoms with Crippen LogP contribution in [0.5, 0.6) is 0 Å². The smallest absolute Gasteiger partial charge is 0.339 e. The van der Waals surface area contributed by atoms with Gasteiger partial charge in [-0.05, 0) is 56.4 Å². The molecule has 2 aromatic rings. The molecule has 184 valence electrons. The standard InChI is InChI=1S/C12H12N2O2.C8H9NO2.C6H9NO/c1-2-14-7-5-10(12(14)16)11(15)9-4-3-6-13-8-9;1-2-11-8(10)7-4-3-5-9-6-7;1-2-7-5-3-4-6(7)8/h2-4,6,8,10H,1,5,7H2;3-6H,2H2,1H3;2H,1,3-5H2. The Bertz CT molecular complexity index is 1030. The molecule has 0 radical (unpaired) electrons. The van der Waals surface area contributed by atoms with Crippen LogP contribution in [0.25, 0.3) is 0 Å². The first-order chi connectivity index (χ1) is 16.9. The summed E-state index contributed by atoms with van der Waals surface area (Å²) in [5.41, 5.74) is 0.987. The van der Waals surface area contributed by atoms with Gasteiger partial charge in [-0.15, -0.1) is 0 Å². The third kappa shape index (κ3) is 7.99. The van der Waals surface area contributed by atoms with Gasteiger partial charge >= 0.3 is 5.97 Å². The Balaban J connectivity index is 0.000000198. The number of rotatable bonds is 6. The van der Waals surface area contributed by atoms with E-state index in [2.05, 4.69) is 23.1 Å². The molecule has 0 aliphatic carbocycles. The summed E-state index contributed by atoms with van der Waals surface area (Å²) in [5.74, 6) is -0.992. The minimum Gasteiger partial charge on any atom is -0.462 e. The van der Waals surface area contributed by atoms with Crippen LogP contribution in [0.15, 0.2) is 74.6 Å². The Hall–Kier alpha value is -4.14. The Morgan fingerprint density at radius 1 is 1.03 bits per heavy atom. The fourth-order valence-corrected chi connectivity index (χ4v) is 3.40. The summed E-state index contributed by atoms with van der Waals surface area (Å²) in [6.07, 6.45) is 11.5. The van der Waals surface area contributed by atoms with E-state index in [1.807, 2.05) is 0 Å². The zero-order valence-corrected chi connectivity index (χ0v) is 19.8. The molecule has 9 nitrogen and oxygen atoms in total. The summed E-state index contributed by atoms with van der Waals surface area (Å²) in [7, 11) is 0. The summed E-state index contributed by atoms with van der Waals surface area (Å²) in [5, 5.41) is 0. The number of carbonyl (C=O) groups is 4. The Kier molecular flexibility index (Phi) is 11.0. The Morgan fingerprint density at radius 2 is 1.66 bits per heavy atom. The quantitative estimate of drug-likeness (QED) is 0.356. The van der Waals surface area contributed by atoms with E-state index in [4.69, 9.17) is 4.74 Å². The number of likely N-dealkylation sites (tertiary alicyclic amines) is 2. The van der Waals surface area contributed by atoms with Gasteiger partial charge in [0, 0.05) is 49.9 Å². The molecule has 2 aliphatic rings. The predicted octanol–water partition coefficient (Wildman–Crippen LogP) is 3.27. The highest BCUT2D eigenvalue weighted by Crippen LogP contribution is 2.22. The number of esters is 1. The predicted molar refractivity (Wildman–Crippen MR) is 130 cm³/mol. The van der Waals surface area contributed by atoms with Crippen molar-refractivity contribution in [3.8, 4) is 0 Å². The molecular weight excluding hydrogens is 448 g/mol.